The Labute approximate surface area is 318 Å². The van der Waals surface area contributed by atoms with Crippen LogP contribution in [-0.2, 0) is 4.79 Å². The summed E-state index contributed by atoms with van der Waals surface area (Å²) in [5.74, 6) is -0.319. The highest BCUT2D eigenvalue weighted by atomic mass is 16.3. The van der Waals surface area contributed by atoms with Crippen molar-refractivity contribution in [1.29, 1.82) is 0 Å². The fraction of sp³-hybridized carbons (Fsp3) is 0.891. The van der Waals surface area contributed by atoms with Gasteiger partial charge in [0.15, 0.2) is 0 Å². The van der Waals surface area contributed by atoms with Crippen LogP contribution in [0, 0.1) is 0 Å². The predicted octanol–water partition coefficient (Wildman–Crippen LogP) is 13.0. The van der Waals surface area contributed by atoms with Crippen molar-refractivity contribution in [3.63, 3.8) is 0 Å². The van der Waals surface area contributed by atoms with Crippen LogP contribution < -0.4 is 5.32 Å². The van der Waals surface area contributed by atoms with E-state index in [9.17, 15) is 20.1 Å². The molecule has 3 unspecified atom stereocenters. The highest BCUT2D eigenvalue weighted by molar-refractivity contribution is 5.76. The Balaban J connectivity index is 3.65. The highest BCUT2D eigenvalue weighted by Gasteiger charge is 2.20. The Hall–Kier alpha value is -1.17. The van der Waals surface area contributed by atoms with E-state index in [1.54, 1.807) is 6.08 Å². The number of allylic oxidation sites excluding steroid dienone is 3. The number of amides is 1. The summed E-state index contributed by atoms with van der Waals surface area (Å²) in [4.78, 5) is 12.4. The first-order valence-electron chi connectivity index (χ1n) is 22.6. The Morgan fingerprint density at radius 2 is 0.824 bits per heavy atom. The number of unbranched alkanes of at least 4 members (excludes halogenated alkanes) is 30. The van der Waals surface area contributed by atoms with E-state index in [1.807, 2.05) is 6.08 Å². The summed E-state index contributed by atoms with van der Waals surface area (Å²) in [5.41, 5.74) is 0. The third-order valence-corrected chi connectivity index (χ3v) is 10.5. The third kappa shape index (κ3) is 38.4. The minimum atomic E-state index is -0.929. The monoisotopic (exact) mass is 720 g/mol. The molecule has 51 heavy (non-hydrogen) atoms. The summed E-state index contributed by atoms with van der Waals surface area (Å²) in [6.07, 6.45) is 50.3. The van der Waals surface area contributed by atoms with Gasteiger partial charge in [0, 0.05) is 0 Å². The molecule has 0 aromatic rings. The summed E-state index contributed by atoms with van der Waals surface area (Å²) >= 11 is 0. The van der Waals surface area contributed by atoms with Gasteiger partial charge >= 0.3 is 0 Å². The Kier molecular flexibility index (Phi) is 40.6. The largest absolute Gasteiger partial charge is 0.394 e. The van der Waals surface area contributed by atoms with Gasteiger partial charge in [0.2, 0.25) is 5.91 Å². The van der Waals surface area contributed by atoms with Crippen molar-refractivity contribution >= 4 is 5.91 Å². The molecule has 0 aliphatic rings. The van der Waals surface area contributed by atoms with Gasteiger partial charge < -0.3 is 20.6 Å². The molecule has 4 N–H and O–H groups in total. The van der Waals surface area contributed by atoms with E-state index in [4.69, 9.17) is 0 Å². The summed E-state index contributed by atoms with van der Waals surface area (Å²) in [7, 11) is 0. The number of carbonyl (C=O) groups excluding carboxylic acids is 1. The van der Waals surface area contributed by atoms with Gasteiger partial charge in [-0.15, -0.1) is 0 Å². The average Bonchev–Trinajstić information content (AvgIpc) is 3.12. The van der Waals surface area contributed by atoms with Crippen molar-refractivity contribution in [3.05, 3.63) is 24.3 Å². The van der Waals surface area contributed by atoms with E-state index in [0.717, 1.165) is 38.5 Å². The molecule has 0 radical (unpaired) electrons. The van der Waals surface area contributed by atoms with Crippen molar-refractivity contribution in [2.75, 3.05) is 6.61 Å². The average molecular weight is 720 g/mol. The molecule has 0 aliphatic carbocycles. The van der Waals surface area contributed by atoms with Crippen molar-refractivity contribution in [2.24, 2.45) is 0 Å². The van der Waals surface area contributed by atoms with Crippen LogP contribution in [0.1, 0.15) is 239 Å². The molecule has 0 spiro atoms. The zero-order valence-electron chi connectivity index (χ0n) is 34.2. The second-order valence-electron chi connectivity index (χ2n) is 15.7. The second-order valence-corrected chi connectivity index (χ2v) is 15.7. The molecule has 0 saturated heterocycles. The lowest BCUT2D eigenvalue weighted by molar-refractivity contribution is -0.124. The summed E-state index contributed by atoms with van der Waals surface area (Å²) in [6, 6.07) is -0.745. The van der Waals surface area contributed by atoms with Crippen LogP contribution >= 0.6 is 0 Å². The van der Waals surface area contributed by atoms with E-state index in [-0.39, 0.29) is 18.9 Å². The summed E-state index contributed by atoms with van der Waals surface area (Å²) < 4.78 is 0. The van der Waals surface area contributed by atoms with E-state index in [2.05, 4.69) is 31.3 Å². The molecule has 5 nitrogen and oxygen atoms in total. The van der Waals surface area contributed by atoms with Gasteiger partial charge in [0.1, 0.15) is 0 Å². The zero-order valence-corrected chi connectivity index (χ0v) is 34.2. The number of hydrogen-bond acceptors (Lipinski definition) is 4. The van der Waals surface area contributed by atoms with E-state index < -0.39 is 18.2 Å². The number of hydrogen-bond donors (Lipinski definition) is 4. The molecule has 0 bridgehead atoms. The number of carbonyl (C=O) groups is 1. The third-order valence-electron chi connectivity index (χ3n) is 10.5. The first-order chi connectivity index (χ1) is 25.0. The standard InChI is InChI=1S/C46H89NO4/c1-3-5-7-9-11-13-15-17-19-20-21-22-23-24-26-28-30-32-34-36-38-40-45(50)44(42-48)47-46(51)41-43(49)39-37-35-33-31-29-27-25-18-16-14-12-10-8-6-4-2/h18,25,38,40,43-45,48-50H,3-17,19-24,26-37,39,41-42H2,1-2H3,(H,47,51)/b25-18-,40-38+. The van der Waals surface area contributed by atoms with Crippen LogP contribution in [0.5, 0.6) is 0 Å². The Morgan fingerprint density at radius 3 is 1.20 bits per heavy atom. The molecule has 0 fully saturated rings. The van der Waals surface area contributed by atoms with Crippen LogP contribution in [0.2, 0.25) is 0 Å². The van der Waals surface area contributed by atoms with Gasteiger partial charge in [0.25, 0.3) is 0 Å². The van der Waals surface area contributed by atoms with Crippen LogP contribution in [0.15, 0.2) is 24.3 Å². The van der Waals surface area contributed by atoms with Gasteiger partial charge in [-0.3, -0.25) is 4.79 Å². The van der Waals surface area contributed by atoms with Crippen molar-refractivity contribution in [2.45, 2.75) is 257 Å². The molecule has 0 saturated carbocycles. The molecule has 0 rings (SSSR count). The molecular weight excluding hydrogens is 631 g/mol. The normalized spacial score (nSPS) is 13.7. The van der Waals surface area contributed by atoms with Crippen molar-refractivity contribution in [3.8, 4) is 0 Å². The molecule has 3 atom stereocenters. The molecule has 0 heterocycles. The lowest BCUT2D eigenvalue weighted by Crippen LogP contribution is -2.45. The smallest absolute Gasteiger partial charge is 0.222 e. The summed E-state index contributed by atoms with van der Waals surface area (Å²) in [5, 5.41) is 33.2. The number of aliphatic hydroxyl groups is 3. The van der Waals surface area contributed by atoms with Crippen LogP contribution in [0.3, 0.4) is 0 Å². The highest BCUT2D eigenvalue weighted by Crippen LogP contribution is 2.16. The fourth-order valence-electron chi connectivity index (χ4n) is 6.98. The molecule has 1 amide bonds. The van der Waals surface area contributed by atoms with Crippen LogP contribution in [0.4, 0.5) is 0 Å². The van der Waals surface area contributed by atoms with E-state index in [1.165, 1.54) is 173 Å². The molecule has 0 aromatic carbocycles. The van der Waals surface area contributed by atoms with Crippen molar-refractivity contribution < 1.29 is 20.1 Å². The maximum absolute atomic E-state index is 12.4. The SMILES string of the molecule is CCCCCCCC/C=C\CCCCCCCC(O)CC(=O)NC(CO)C(O)/C=C/CCCCCCCCCCCCCCCCCCCCC. The molecular formula is C46H89NO4. The molecule has 0 aliphatic heterocycles. The maximum Gasteiger partial charge on any atom is 0.222 e. The van der Waals surface area contributed by atoms with Gasteiger partial charge in [-0.2, -0.15) is 0 Å². The van der Waals surface area contributed by atoms with E-state index in [0.29, 0.717) is 6.42 Å². The topological polar surface area (TPSA) is 89.8 Å². The lowest BCUT2D eigenvalue weighted by atomic mass is 10.0. The van der Waals surface area contributed by atoms with Gasteiger partial charge in [-0.1, -0.05) is 212 Å². The van der Waals surface area contributed by atoms with E-state index >= 15 is 0 Å². The van der Waals surface area contributed by atoms with Crippen LogP contribution in [-0.4, -0.2) is 46.1 Å². The number of aliphatic hydroxyl groups excluding tert-OH is 3. The quantitative estimate of drug-likeness (QED) is 0.0374. The van der Waals surface area contributed by atoms with Crippen LogP contribution in [0.25, 0.3) is 0 Å². The predicted molar refractivity (Wildman–Crippen MR) is 222 cm³/mol. The maximum atomic E-state index is 12.4. The Morgan fingerprint density at radius 1 is 0.490 bits per heavy atom. The van der Waals surface area contributed by atoms with Gasteiger partial charge in [-0.25, -0.2) is 0 Å². The first-order valence-corrected chi connectivity index (χ1v) is 22.6. The van der Waals surface area contributed by atoms with Crippen molar-refractivity contribution in [1.82, 2.24) is 5.32 Å². The number of rotatable bonds is 41. The first kappa shape index (κ1) is 49.8. The minimum absolute atomic E-state index is 0.00961. The molecule has 0 aromatic heterocycles. The second kappa shape index (κ2) is 41.6. The summed E-state index contributed by atoms with van der Waals surface area (Å²) in [6.45, 7) is 4.22. The molecule has 302 valence electrons. The fourth-order valence-corrected chi connectivity index (χ4v) is 6.98. The number of nitrogens with one attached hydrogen (secondary N) is 1. The van der Waals surface area contributed by atoms with Gasteiger partial charge in [-0.05, 0) is 44.9 Å². The lowest BCUT2D eigenvalue weighted by Gasteiger charge is -2.21. The zero-order chi connectivity index (χ0) is 37.3. The Bertz CT molecular complexity index is 754. The molecule has 5 heteroatoms. The van der Waals surface area contributed by atoms with Gasteiger partial charge in [0.05, 0.1) is 31.3 Å². The minimum Gasteiger partial charge on any atom is -0.394 e.